The molecule has 1 aliphatic heterocycles. The van der Waals surface area contributed by atoms with Gasteiger partial charge in [-0.3, -0.25) is 0 Å². The van der Waals surface area contributed by atoms with Crippen molar-refractivity contribution in [2.45, 2.75) is 32.2 Å². The van der Waals surface area contributed by atoms with E-state index in [2.05, 4.69) is 25.2 Å². The molecular formula is C13H24N6O. The third-order valence-electron chi connectivity index (χ3n) is 3.44. The Labute approximate surface area is 120 Å². The monoisotopic (exact) mass is 280 g/mol. The topological polar surface area (TPSA) is 77.4 Å². The van der Waals surface area contributed by atoms with Gasteiger partial charge in [-0.15, -0.1) is 0 Å². The molecule has 0 spiro atoms. The molecule has 0 bridgehead atoms. The van der Waals surface area contributed by atoms with Gasteiger partial charge in [0.05, 0.1) is 12.6 Å². The summed E-state index contributed by atoms with van der Waals surface area (Å²) in [5, 5.41) is 12.7. The summed E-state index contributed by atoms with van der Waals surface area (Å²) in [5.74, 6) is 1.87. The van der Waals surface area contributed by atoms with E-state index in [4.69, 9.17) is 0 Å². The van der Waals surface area contributed by atoms with E-state index in [9.17, 15) is 5.11 Å². The van der Waals surface area contributed by atoms with Crippen molar-refractivity contribution >= 4 is 17.8 Å². The molecule has 7 nitrogen and oxygen atoms in total. The molecule has 2 rings (SSSR count). The molecule has 7 heteroatoms. The van der Waals surface area contributed by atoms with E-state index in [1.54, 1.807) is 0 Å². The fourth-order valence-corrected chi connectivity index (χ4v) is 2.37. The maximum absolute atomic E-state index is 9.54. The van der Waals surface area contributed by atoms with Crippen LogP contribution in [0.2, 0.25) is 0 Å². The van der Waals surface area contributed by atoms with Crippen molar-refractivity contribution < 1.29 is 5.11 Å². The highest BCUT2D eigenvalue weighted by Crippen LogP contribution is 2.23. The van der Waals surface area contributed by atoms with Crippen LogP contribution in [0.4, 0.5) is 17.8 Å². The number of aliphatic hydroxyl groups excluding tert-OH is 1. The molecule has 0 aliphatic carbocycles. The van der Waals surface area contributed by atoms with Gasteiger partial charge < -0.3 is 20.2 Å². The first-order valence-corrected chi connectivity index (χ1v) is 7.20. The SMILES string of the molecule is CCNc1nc(N(C)C)nc(N2CCCCC2CO)n1. The zero-order valence-corrected chi connectivity index (χ0v) is 12.5. The molecule has 0 amide bonds. The van der Waals surface area contributed by atoms with Gasteiger partial charge in [-0.1, -0.05) is 0 Å². The van der Waals surface area contributed by atoms with Gasteiger partial charge in [0.15, 0.2) is 0 Å². The summed E-state index contributed by atoms with van der Waals surface area (Å²) < 4.78 is 0. The smallest absolute Gasteiger partial charge is 0.232 e. The molecule has 1 aromatic rings. The van der Waals surface area contributed by atoms with Gasteiger partial charge >= 0.3 is 0 Å². The molecule has 2 heterocycles. The minimum atomic E-state index is 0.107. The number of rotatable bonds is 5. The van der Waals surface area contributed by atoms with Crippen molar-refractivity contribution in [2.24, 2.45) is 0 Å². The van der Waals surface area contributed by atoms with E-state index in [-0.39, 0.29) is 12.6 Å². The summed E-state index contributed by atoms with van der Waals surface area (Å²) in [6.07, 6.45) is 3.24. The van der Waals surface area contributed by atoms with E-state index >= 15 is 0 Å². The van der Waals surface area contributed by atoms with Crippen LogP contribution in [0.1, 0.15) is 26.2 Å². The van der Waals surface area contributed by atoms with Gasteiger partial charge in [0.2, 0.25) is 17.8 Å². The van der Waals surface area contributed by atoms with E-state index in [1.807, 2.05) is 25.9 Å². The van der Waals surface area contributed by atoms with Crippen LogP contribution in [0.15, 0.2) is 0 Å². The molecule has 1 aliphatic rings. The van der Waals surface area contributed by atoms with Crippen LogP contribution < -0.4 is 15.1 Å². The van der Waals surface area contributed by atoms with Crippen molar-refractivity contribution in [1.82, 2.24) is 15.0 Å². The predicted octanol–water partition coefficient (Wildman–Crippen LogP) is 0.721. The first kappa shape index (κ1) is 14.8. The van der Waals surface area contributed by atoms with Gasteiger partial charge in [0.25, 0.3) is 0 Å². The number of piperidine rings is 1. The molecule has 0 saturated carbocycles. The Hall–Kier alpha value is -1.63. The Morgan fingerprint density at radius 1 is 1.30 bits per heavy atom. The third kappa shape index (κ3) is 3.27. The largest absolute Gasteiger partial charge is 0.394 e. The van der Waals surface area contributed by atoms with Gasteiger partial charge in [-0.25, -0.2) is 0 Å². The summed E-state index contributed by atoms with van der Waals surface area (Å²) in [6.45, 7) is 3.79. The Balaban J connectivity index is 2.32. The fourth-order valence-electron chi connectivity index (χ4n) is 2.37. The number of hydrogen-bond donors (Lipinski definition) is 2. The zero-order valence-electron chi connectivity index (χ0n) is 12.5. The average Bonchev–Trinajstić information content (AvgIpc) is 2.47. The molecular weight excluding hydrogens is 256 g/mol. The highest BCUT2D eigenvalue weighted by molar-refractivity contribution is 5.45. The quantitative estimate of drug-likeness (QED) is 0.823. The third-order valence-corrected chi connectivity index (χ3v) is 3.44. The minimum absolute atomic E-state index is 0.107. The number of nitrogens with one attached hydrogen (secondary N) is 1. The molecule has 112 valence electrons. The van der Waals surface area contributed by atoms with E-state index in [0.717, 1.165) is 32.4 Å². The van der Waals surface area contributed by atoms with Gasteiger partial charge in [0, 0.05) is 27.2 Å². The lowest BCUT2D eigenvalue weighted by Crippen LogP contribution is -2.43. The summed E-state index contributed by atoms with van der Waals surface area (Å²) in [6, 6.07) is 0.107. The number of aromatic nitrogens is 3. The van der Waals surface area contributed by atoms with Gasteiger partial charge in [0.1, 0.15) is 0 Å². The standard InChI is InChI=1S/C13H24N6O/c1-4-14-11-15-12(18(2)3)17-13(16-11)19-8-6-5-7-10(19)9-20/h10,20H,4-9H2,1-3H3,(H,14,15,16,17). The highest BCUT2D eigenvalue weighted by atomic mass is 16.3. The maximum Gasteiger partial charge on any atom is 0.232 e. The van der Waals surface area contributed by atoms with Crippen molar-refractivity contribution in [3.63, 3.8) is 0 Å². The van der Waals surface area contributed by atoms with Gasteiger partial charge in [-0.05, 0) is 26.2 Å². The van der Waals surface area contributed by atoms with E-state index < -0.39 is 0 Å². The predicted molar refractivity (Wildman–Crippen MR) is 80.4 cm³/mol. The molecule has 1 aromatic heterocycles. The van der Waals surface area contributed by atoms with E-state index in [1.165, 1.54) is 0 Å². The molecule has 20 heavy (non-hydrogen) atoms. The van der Waals surface area contributed by atoms with Crippen LogP contribution in [-0.4, -0.2) is 59.9 Å². The zero-order chi connectivity index (χ0) is 14.5. The number of anilines is 3. The van der Waals surface area contributed by atoms with Crippen LogP contribution in [0, 0.1) is 0 Å². The Morgan fingerprint density at radius 3 is 2.75 bits per heavy atom. The molecule has 0 aromatic carbocycles. The number of aliphatic hydroxyl groups is 1. The van der Waals surface area contributed by atoms with Gasteiger partial charge in [-0.2, -0.15) is 15.0 Å². The van der Waals surface area contributed by atoms with Crippen LogP contribution in [0.25, 0.3) is 0 Å². The molecule has 2 N–H and O–H groups in total. The second-order valence-corrected chi connectivity index (χ2v) is 5.21. The molecule has 1 saturated heterocycles. The maximum atomic E-state index is 9.54. The summed E-state index contributed by atoms with van der Waals surface area (Å²) in [5.41, 5.74) is 0. The minimum Gasteiger partial charge on any atom is -0.394 e. The molecule has 1 atom stereocenters. The van der Waals surface area contributed by atoms with Crippen molar-refractivity contribution in [1.29, 1.82) is 0 Å². The fraction of sp³-hybridized carbons (Fsp3) is 0.769. The summed E-state index contributed by atoms with van der Waals surface area (Å²) >= 11 is 0. The summed E-state index contributed by atoms with van der Waals surface area (Å²) in [4.78, 5) is 17.3. The lowest BCUT2D eigenvalue weighted by atomic mass is 10.0. The normalized spacial score (nSPS) is 19.0. The first-order chi connectivity index (χ1) is 9.65. The average molecular weight is 280 g/mol. The lowest BCUT2D eigenvalue weighted by molar-refractivity contribution is 0.239. The van der Waals surface area contributed by atoms with Crippen molar-refractivity contribution in [2.75, 3.05) is 48.9 Å². The first-order valence-electron chi connectivity index (χ1n) is 7.20. The van der Waals surface area contributed by atoms with Crippen molar-refractivity contribution in [3.05, 3.63) is 0 Å². The number of nitrogens with zero attached hydrogens (tertiary/aromatic N) is 5. The molecule has 1 fully saturated rings. The highest BCUT2D eigenvalue weighted by Gasteiger charge is 2.25. The Morgan fingerprint density at radius 2 is 2.10 bits per heavy atom. The van der Waals surface area contributed by atoms with E-state index in [0.29, 0.717) is 17.8 Å². The second kappa shape index (κ2) is 6.69. The molecule has 1 unspecified atom stereocenters. The second-order valence-electron chi connectivity index (χ2n) is 5.21. The lowest BCUT2D eigenvalue weighted by Gasteiger charge is -2.34. The Bertz CT molecular complexity index is 439. The van der Waals surface area contributed by atoms with Crippen LogP contribution in [0.5, 0.6) is 0 Å². The van der Waals surface area contributed by atoms with Crippen LogP contribution in [-0.2, 0) is 0 Å². The van der Waals surface area contributed by atoms with Crippen LogP contribution in [0.3, 0.4) is 0 Å². The van der Waals surface area contributed by atoms with Crippen molar-refractivity contribution in [3.8, 4) is 0 Å². The summed E-state index contributed by atoms with van der Waals surface area (Å²) in [7, 11) is 3.82. The molecule has 0 radical (unpaired) electrons. The Kier molecular flexibility index (Phi) is 4.94. The van der Waals surface area contributed by atoms with Crippen LogP contribution >= 0.6 is 0 Å². The number of hydrogen-bond acceptors (Lipinski definition) is 7.